The van der Waals surface area contributed by atoms with Crippen LogP contribution in [0, 0.1) is 5.92 Å². The van der Waals surface area contributed by atoms with Gasteiger partial charge in [-0.2, -0.15) is 0 Å². The Balaban J connectivity index is 0.00000400. The highest BCUT2D eigenvalue weighted by Crippen LogP contribution is 2.11. The molecule has 6 heteroatoms. The summed E-state index contributed by atoms with van der Waals surface area (Å²) >= 11 is 0. The van der Waals surface area contributed by atoms with E-state index in [1.54, 1.807) is 0 Å². The van der Waals surface area contributed by atoms with Gasteiger partial charge < -0.3 is 16.4 Å². The normalized spacial score (nSPS) is 11.0. The van der Waals surface area contributed by atoms with Crippen molar-refractivity contribution >= 4 is 41.5 Å². The number of halogens is 1. The van der Waals surface area contributed by atoms with Crippen molar-refractivity contribution in [2.75, 3.05) is 11.9 Å². The molecule has 0 heterocycles. The Morgan fingerprint density at radius 3 is 2.71 bits per heavy atom. The number of hydrogen-bond donors (Lipinski definition) is 3. The lowest BCUT2D eigenvalue weighted by molar-refractivity contribution is -0.114. The van der Waals surface area contributed by atoms with Gasteiger partial charge >= 0.3 is 0 Å². The average Bonchev–Trinajstić information content (AvgIpc) is 2.35. The van der Waals surface area contributed by atoms with Gasteiger partial charge in [0.2, 0.25) is 5.91 Å². The molecule has 5 nitrogen and oxygen atoms in total. The molecule has 0 aromatic heterocycles. The number of amides is 1. The third kappa shape index (κ3) is 9.28. The number of nitrogens with two attached hydrogens (primary N) is 1. The minimum Gasteiger partial charge on any atom is -0.370 e. The van der Waals surface area contributed by atoms with Gasteiger partial charge in [-0.3, -0.25) is 4.79 Å². The van der Waals surface area contributed by atoms with Crippen molar-refractivity contribution in [3.8, 4) is 0 Å². The lowest BCUT2D eigenvalue weighted by Crippen LogP contribution is -2.32. The van der Waals surface area contributed by atoms with E-state index in [1.807, 2.05) is 24.3 Å². The number of carbonyl (C=O) groups is 1. The molecule has 0 aliphatic heterocycles. The largest absolute Gasteiger partial charge is 0.370 e. The Hall–Kier alpha value is -1.31. The number of hydrogen-bond acceptors (Lipinski definition) is 2. The third-order valence-corrected chi connectivity index (χ3v) is 2.71. The maximum atomic E-state index is 11.0. The van der Waals surface area contributed by atoms with Crippen LogP contribution in [0.3, 0.4) is 0 Å². The molecule has 0 atom stereocenters. The van der Waals surface area contributed by atoms with Gasteiger partial charge in [0.1, 0.15) is 0 Å². The summed E-state index contributed by atoms with van der Waals surface area (Å²) in [6, 6.07) is 7.58. The molecule has 0 saturated heterocycles. The molecule has 1 amide bonds. The van der Waals surface area contributed by atoms with Crippen molar-refractivity contribution in [2.45, 2.75) is 33.7 Å². The van der Waals surface area contributed by atoms with E-state index in [0.717, 1.165) is 24.2 Å². The summed E-state index contributed by atoms with van der Waals surface area (Å²) in [6.07, 6.45) is 1.06. The van der Waals surface area contributed by atoms with Gasteiger partial charge in [-0.05, 0) is 30.0 Å². The zero-order valence-corrected chi connectivity index (χ0v) is 15.2. The van der Waals surface area contributed by atoms with Crippen LogP contribution in [0.25, 0.3) is 0 Å². The van der Waals surface area contributed by atoms with E-state index in [-0.39, 0.29) is 29.9 Å². The zero-order chi connectivity index (χ0) is 15.0. The van der Waals surface area contributed by atoms with Crippen molar-refractivity contribution in [2.24, 2.45) is 16.6 Å². The highest BCUT2D eigenvalue weighted by Gasteiger charge is 1.98. The number of anilines is 1. The fraction of sp³-hybridized carbons (Fsp3) is 0.467. The SMILES string of the molecule is CC(=O)Nc1cccc(CN=C(N)NCCC(C)C)c1.I. The molecular formula is C15H25IN4O. The molecule has 1 rings (SSSR count). The average molecular weight is 404 g/mol. The number of nitrogens with one attached hydrogen (secondary N) is 2. The molecular weight excluding hydrogens is 379 g/mol. The lowest BCUT2D eigenvalue weighted by atomic mass is 10.1. The summed E-state index contributed by atoms with van der Waals surface area (Å²) in [7, 11) is 0. The molecule has 0 aliphatic carbocycles. The van der Waals surface area contributed by atoms with Crippen molar-refractivity contribution in [1.82, 2.24) is 5.32 Å². The second-order valence-corrected chi connectivity index (χ2v) is 5.19. The van der Waals surface area contributed by atoms with Gasteiger partial charge in [0.15, 0.2) is 5.96 Å². The van der Waals surface area contributed by atoms with E-state index >= 15 is 0 Å². The molecule has 21 heavy (non-hydrogen) atoms. The van der Waals surface area contributed by atoms with E-state index in [0.29, 0.717) is 18.4 Å². The number of nitrogens with zero attached hydrogens (tertiary/aromatic N) is 1. The van der Waals surface area contributed by atoms with E-state index in [4.69, 9.17) is 5.73 Å². The summed E-state index contributed by atoms with van der Waals surface area (Å²) < 4.78 is 0. The Morgan fingerprint density at radius 2 is 2.10 bits per heavy atom. The van der Waals surface area contributed by atoms with E-state index in [1.165, 1.54) is 6.92 Å². The molecule has 1 aromatic rings. The first-order valence-electron chi connectivity index (χ1n) is 6.87. The van der Waals surface area contributed by atoms with E-state index in [2.05, 4.69) is 29.5 Å². The molecule has 0 saturated carbocycles. The van der Waals surface area contributed by atoms with Crippen LogP contribution < -0.4 is 16.4 Å². The van der Waals surface area contributed by atoms with Gasteiger partial charge in [-0.1, -0.05) is 26.0 Å². The molecule has 0 fully saturated rings. The standard InChI is InChI=1S/C15H24N4O.HI/c1-11(2)7-8-17-15(16)18-10-13-5-4-6-14(9-13)19-12(3)20;/h4-6,9,11H,7-8,10H2,1-3H3,(H,19,20)(H3,16,17,18);1H. The minimum absolute atomic E-state index is 0. The molecule has 0 aliphatic rings. The zero-order valence-electron chi connectivity index (χ0n) is 12.8. The smallest absolute Gasteiger partial charge is 0.221 e. The Kier molecular flexibility index (Phi) is 9.77. The maximum Gasteiger partial charge on any atom is 0.221 e. The number of rotatable bonds is 6. The number of guanidine groups is 1. The lowest BCUT2D eigenvalue weighted by Gasteiger charge is -2.08. The number of carbonyl (C=O) groups excluding carboxylic acids is 1. The molecule has 1 aromatic carbocycles. The van der Waals surface area contributed by atoms with Crippen LogP contribution in [-0.2, 0) is 11.3 Å². The van der Waals surface area contributed by atoms with Gasteiger partial charge in [-0.25, -0.2) is 4.99 Å². The second kappa shape index (κ2) is 10.4. The first kappa shape index (κ1) is 19.7. The van der Waals surface area contributed by atoms with Crippen LogP contribution in [0.15, 0.2) is 29.3 Å². The molecule has 0 radical (unpaired) electrons. The van der Waals surface area contributed by atoms with Gasteiger partial charge in [0.25, 0.3) is 0 Å². The first-order valence-corrected chi connectivity index (χ1v) is 6.87. The molecule has 4 N–H and O–H groups in total. The predicted molar refractivity (Wildman–Crippen MR) is 98.9 cm³/mol. The van der Waals surface area contributed by atoms with Gasteiger partial charge in [0, 0.05) is 19.2 Å². The predicted octanol–water partition coefficient (Wildman–Crippen LogP) is 2.71. The molecule has 118 valence electrons. The Labute approximate surface area is 143 Å². The van der Waals surface area contributed by atoms with Crippen LogP contribution in [0.4, 0.5) is 5.69 Å². The fourth-order valence-corrected chi connectivity index (χ4v) is 1.67. The molecule has 0 bridgehead atoms. The highest BCUT2D eigenvalue weighted by molar-refractivity contribution is 14.0. The quantitative estimate of drug-likeness (QED) is 0.388. The van der Waals surface area contributed by atoms with Crippen LogP contribution in [0.2, 0.25) is 0 Å². The number of benzene rings is 1. The van der Waals surface area contributed by atoms with Crippen molar-refractivity contribution in [1.29, 1.82) is 0 Å². The summed E-state index contributed by atoms with van der Waals surface area (Å²) in [4.78, 5) is 15.3. The van der Waals surface area contributed by atoms with Crippen molar-refractivity contribution < 1.29 is 4.79 Å². The summed E-state index contributed by atoms with van der Waals surface area (Å²) in [6.45, 7) is 7.15. The highest BCUT2D eigenvalue weighted by atomic mass is 127. The summed E-state index contributed by atoms with van der Waals surface area (Å²) in [5, 5.41) is 5.83. The summed E-state index contributed by atoms with van der Waals surface area (Å²) in [5.41, 5.74) is 7.57. The van der Waals surface area contributed by atoms with Crippen LogP contribution in [-0.4, -0.2) is 18.4 Å². The van der Waals surface area contributed by atoms with Crippen molar-refractivity contribution in [3.63, 3.8) is 0 Å². The van der Waals surface area contributed by atoms with Gasteiger partial charge in [0.05, 0.1) is 6.54 Å². The van der Waals surface area contributed by atoms with Gasteiger partial charge in [-0.15, -0.1) is 24.0 Å². The van der Waals surface area contributed by atoms with Crippen molar-refractivity contribution in [3.05, 3.63) is 29.8 Å². The summed E-state index contributed by atoms with van der Waals surface area (Å²) in [5.74, 6) is 1.01. The third-order valence-electron chi connectivity index (χ3n) is 2.71. The Morgan fingerprint density at radius 1 is 1.38 bits per heavy atom. The van der Waals surface area contributed by atoms with E-state index in [9.17, 15) is 4.79 Å². The topological polar surface area (TPSA) is 79.5 Å². The Bertz CT molecular complexity index is 474. The second-order valence-electron chi connectivity index (χ2n) is 5.19. The fourth-order valence-electron chi connectivity index (χ4n) is 1.67. The first-order chi connectivity index (χ1) is 9.47. The molecule has 0 spiro atoms. The van der Waals surface area contributed by atoms with E-state index < -0.39 is 0 Å². The number of aliphatic imine (C=N–C) groups is 1. The minimum atomic E-state index is -0.0829. The monoisotopic (exact) mass is 404 g/mol. The van der Waals surface area contributed by atoms with Crippen LogP contribution in [0.1, 0.15) is 32.8 Å². The maximum absolute atomic E-state index is 11.0. The van der Waals surface area contributed by atoms with Crippen LogP contribution in [0.5, 0.6) is 0 Å². The molecule has 0 unspecified atom stereocenters. The van der Waals surface area contributed by atoms with Crippen LogP contribution >= 0.6 is 24.0 Å².